The first-order valence-electron chi connectivity index (χ1n) is 8.89. The molecule has 0 aliphatic carbocycles. The van der Waals surface area contributed by atoms with Crippen molar-refractivity contribution in [1.29, 1.82) is 0 Å². The van der Waals surface area contributed by atoms with Gasteiger partial charge < -0.3 is 9.64 Å². The molecule has 1 aliphatic heterocycles. The van der Waals surface area contributed by atoms with Gasteiger partial charge in [-0.3, -0.25) is 4.79 Å². The quantitative estimate of drug-likeness (QED) is 0.640. The van der Waals surface area contributed by atoms with Gasteiger partial charge in [0.15, 0.2) is 0 Å². The zero-order valence-electron chi connectivity index (χ0n) is 15.9. The molecule has 0 unspecified atom stereocenters. The van der Waals surface area contributed by atoms with Crippen LogP contribution in [0.1, 0.15) is 10.4 Å². The number of sulfonamides is 1. The zero-order chi connectivity index (χ0) is 21.9. The highest BCUT2D eigenvalue weighted by molar-refractivity contribution is 7.98. The third-order valence-electron chi connectivity index (χ3n) is 4.56. The second kappa shape index (κ2) is 8.86. The highest BCUT2D eigenvalue weighted by Gasteiger charge is 2.32. The number of benzene rings is 2. The van der Waals surface area contributed by atoms with Gasteiger partial charge in [0.1, 0.15) is 5.75 Å². The molecule has 1 heterocycles. The van der Waals surface area contributed by atoms with Crippen molar-refractivity contribution in [2.24, 2.45) is 0 Å². The van der Waals surface area contributed by atoms with Crippen LogP contribution in [-0.2, 0) is 10.0 Å². The van der Waals surface area contributed by atoms with Crippen LogP contribution in [0.4, 0.5) is 13.2 Å². The number of nitrogens with zero attached hydrogens (tertiary/aromatic N) is 2. The maximum absolute atomic E-state index is 12.8. The Morgan fingerprint density at radius 1 is 0.967 bits per heavy atom. The Bertz CT molecular complexity index is 986. The predicted octanol–water partition coefficient (Wildman–Crippen LogP) is 3.45. The van der Waals surface area contributed by atoms with Crippen LogP contribution >= 0.6 is 11.8 Å². The van der Waals surface area contributed by atoms with E-state index in [2.05, 4.69) is 4.74 Å². The largest absolute Gasteiger partial charge is 0.573 e. The number of ether oxygens (including phenoxy) is 1. The van der Waals surface area contributed by atoms with Gasteiger partial charge in [-0.2, -0.15) is 4.31 Å². The Morgan fingerprint density at radius 2 is 1.53 bits per heavy atom. The lowest BCUT2D eigenvalue weighted by Gasteiger charge is -2.34. The summed E-state index contributed by atoms with van der Waals surface area (Å²) in [6, 6.07) is 11.2. The second-order valence-corrected chi connectivity index (χ2v) is 9.26. The molecule has 0 atom stereocenters. The molecule has 1 fully saturated rings. The van der Waals surface area contributed by atoms with Gasteiger partial charge in [0.2, 0.25) is 10.0 Å². The van der Waals surface area contributed by atoms with Crippen molar-refractivity contribution in [3.63, 3.8) is 0 Å². The highest BCUT2D eigenvalue weighted by Crippen LogP contribution is 2.25. The van der Waals surface area contributed by atoms with Gasteiger partial charge >= 0.3 is 6.36 Å². The molecule has 1 aliphatic rings. The molecule has 1 amide bonds. The number of carbonyl (C=O) groups excluding carboxylic acids is 1. The number of hydrogen-bond acceptors (Lipinski definition) is 5. The molecular weight excluding hydrogens is 441 g/mol. The number of rotatable bonds is 5. The molecule has 2 aromatic rings. The molecule has 1 saturated heterocycles. The normalized spacial score (nSPS) is 15.8. The van der Waals surface area contributed by atoms with Crippen LogP contribution in [-0.4, -0.2) is 62.3 Å². The summed E-state index contributed by atoms with van der Waals surface area (Å²) >= 11 is 1.57. The van der Waals surface area contributed by atoms with Crippen molar-refractivity contribution in [2.45, 2.75) is 16.2 Å². The Labute approximate surface area is 176 Å². The van der Waals surface area contributed by atoms with Crippen LogP contribution in [0.2, 0.25) is 0 Å². The summed E-state index contributed by atoms with van der Waals surface area (Å²) in [5.41, 5.74) is 0.532. The fraction of sp³-hybridized carbons (Fsp3) is 0.316. The summed E-state index contributed by atoms with van der Waals surface area (Å²) < 4.78 is 67.2. The molecule has 30 heavy (non-hydrogen) atoms. The first-order valence-corrected chi connectivity index (χ1v) is 11.6. The van der Waals surface area contributed by atoms with E-state index in [9.17, 15) is 26.4 Å². The van der Waals surface area contributed by atoms with Crippen molar-refractivity contribution in [2.75, 3.05) is 32.4 Å². The Kier molecular flexibility index (Phi) is 6.63. The lowest BCUT2D eigenvalue weighted by atomic mass is 10.2. The molecular formula is C19H19F3N2O4S2. The van der Waals surface area contributed by atoms with Crippen LogP contribution in [0.5, 0.6) is 5.75 Å². The van der Waals surface area contributed by atoms with Crippen LogP contribution < -0.4 is 4.74 Å². The Hall–Kier alpha value is -2.24. The lowest BCUT2D eigenvalue weighted by molar-refractivity contribution is -0.274. The first-order chi connectivity index (χ1) is 14.1. The van der Waals surface area contributed by atoms with E-state index >= 15 is 0 Å². The Morgan fingerprint density at radius 3 is 2.03 bits per heavy atom. The van der Waals surface area contributed by atoms with Crippen LogP contribution in [0, 0.1) is 0 Å². The van der Waals surface area contributed by atoms with Gasteiger partial charge in [0.25, 0.3) is 5.91 Å². The third-order valence-corrected chi connectivity index (χ3v) is 7.21. The van der Waals surface area contributed by atoms with Gasteiger partial charge in [-0.25, -0.2) is 8.42 Å². The number of amides is 1. The Balaban J connectivity index is 1.63. The number of alkyl halides is 3. The standard InChI is InChI=1S/C19H19F3N2O4S2/c1-29-16-6-2-14(3-7-16)18(25)23-10-12-24(13-11-23)30(26,27)17-8-4-15(5-9-17)28-19(20,21)22/h2-9H,10-13H2,1H3. The van der Waals surface area contributed by atoms with Gasteiger partial charge in [0.05, 0.1) is 4.90 Å². The number of halogens is 3. The molecule has 2 aromatic carbocycles. The molecule has 11 heteroatoms. The van der Waals surface area contributed by atoms with E-state index in [1.807, 2.05) is 18.4 Å². The third kappa shape index (κ3) is 5.27. The summed E-state index contributed by atoms with van der Waals surface area (Å²) in [6.07, 6.45) is -2.91. The van der Waals surface area contributed by atoms with Crippen molar-refractivity contribution >= 4 is 27.7 Å². The highest BCUT2D eigenvalue weighted by atomic mass is 32.2. The molecule has 0 bridgehead atoms. The van der Waals surface area contributed by atoms with E-state index in [1.54, 1.807) is 28.8 Å². The van der Waals surface area contributed by atoms with E-state index in [4.69, 9.17) is 0 Å². The number of hydrogen-bond donors (Lipinski definition) is 0. The minimum absolute atomic E-state index is 0.0950. The monoisotopic (exact) mass is 460 g/mol. The van der Waals surface area contributed by atoms with Crippen molar-refractivity contribution in [3.8, 4) is 5.75 Å². The number of piperazine rings is 1. The average Bonchev–Trinajstić information content (AvgIpc) is 2.72. The van der Waals surface area contributed by atoms with Gasteiger partial charge in [-0.05, 0) is 54.8 Å². The average molecular weight is 460 g/mol. The fourth-order valence-corrected chi connectivity index (χ4v) is 4.84. The summed E-state index contributed by atoms with van der Waals surface area (Å²) in [6.45, 7) is 0.630. The maximum Gasteiger partial charge on any atom is 0.573 e. The van der Waals surface area contributed by atoms with E-state index in [1.165, 1.54) is 4.31 Å². The minimum Gasteiger partial charge on any atom is -0.406 e. The van der Waals surface area contributed by atoms with Gasteiger partial charge in [-0.1, -0.05) is 0 Å². The molecule has 0 radical (unpaired) electrons. The van der Waals surface area contributed by atoms with E-state index in [-0.39, 0.29) is 37.0 Å². The summed E-state index contributed by atoms with van der Waals surface area (Å²) in [5.74, 6) is -0.669. The molecule has 0 saturated carbocycles. The topological polar surface area (TPSA) is 66.9 Å². The van der Waals surface area contributed by atoms with Crippen LogP contribution in [0.25, 0.3) is 0 Å². The summed E-state index contributed by atoms with van der Waals surface area (Å²) in [7, 11) is -3.89. The van der Waals surface area contributed by atoms with E-state index < -0.39 is 22.1 Å². The molecule has 0 spiro atoms. The lowest BCUT2D eigenvalue weighted by Crippen LogP contribution is -2.50. The first kappa shape index (κ1) is 22.4. The van der Waals surface area contributed by atoms with E-state index in [0.29, 0.717) is 5.56 Å². The van der Waals surface area contributed by atoms with Crippen LogP contribution in [0.15, 0.2) is 58.3 Å². The van der Waals surface area contributed by atoms with Gasteiger partial charge in [-0.15, -0.1) is 24.9 Å². The SMILES string of the molecule is CSc1ccc(C(=O)N2CCN(S(=O)(=O)c3ccc(OC(F)(F)F)cc3)CC2)cc1. The smallest absolute Gasteiger partial charge is 0.406 e. The molecule has 6 nitrogen and oxygen atoms in total. The van der Waals surface area contributed by atoms with Crippen LogP contribution in [0.3, 0.4) is 0 Å². The molecule has 162 valence electrons. The predicted molar refractivity (Wildman–Crippen MR) is 106 cm³/mol. The minimum atomic E-state index is -4.85. The molecule has 3 rings (SSSR count). The molecule has 0 N–H and O–H groups in total. The van der Waals surface area contributed by atoms with E-state index in [0.717, 1.165) is 29.2 Å². The molecule has 0 aromatic heterocycles. The zero-order valence-corrected chi connectivity index (χ0v) is 17.6. The van der Waals surface area contributed by atoms with Crippen molar-refractivity contribution in [3.05, 3.63) is 54.1 Å². The van der Waals surface area contributed by atoms with Gasteiger partial charge in [0, 0.05) is 36.6 Å². The number of carbonyl (C=O) groups is 1. The maximum atomic E-state index is 12.8. The van der Waals surface area contributed by atoms with Crippen molar-refractivity contribution < 1.29 is 31.1 Å². The number of thioether (sulfide) groups is 1. The summed E-state index contributed by atoms with van der Waals surface area (Å²) in [4.78, 5) is 15.1. The summed E-state index contributed by atoms with van der Waals surface area (Å²) in [5, 5.41) is 0. The second-order valence-electron chi connectivity index (χ2n) is 6.44. The van der Waals surface area contributed by atoms with Crippen molar-refractivity contribution in [1.82, 2.24) is 9.21 Å². The fourth-order valence-electron chi connectivity index (χ4n) is 3.01.